The number of carbonyl (C=O) groups is 3. The summed E-state index contributed by atoms with van der Waals surface area (Å²) in [6.07, 6.45) is 2.39. The normalized spacial score (nSPS) is 22.2. The molecule has 2 saturated heterocycles. The molecule has 2 unspecified atom stereocenters. The SMILES string of the molecule is CCN(C(=O)Oc1ccc(F)cc1)C1CN(C(=O)C2CCN(C(=O)C3(C)CC3)CC2)CC1c1ccc(Cl)c(F)c1. The highest BCUT2D eigenvalue weighted by molar-refractivity contribution is 6.30. The number of amides is 3. The lowest BCUT2D eigenvalue weighted by molar-refractivity contribution is -0.142. The van der Waals surface area contributed by atoms with Gasteiger partial charge in [-0.3, -0.25) is 9.59 Å². The third kappa shape index (κ3) is 5.80. The number of carbonyl (C=O) groups excluding carboxylic acids is 3. The molecule has 3 aliphatic rings. The van der Waals surface area contributed by atoms with E-state index in [0.29, 0.717) is 44.6 Å². The van der Waals surface area contributed by atoms with Crippen molar-refractivity contribution in [2.24, 2.45) is 11.3 Å². The molecule has 1 saturated carbocycles. The molecule has 0 N–H and O–H groups in total. The Labute approximate surface area is 238 Å². The van der Waals surface area contributed by atoms with Crippen molar-refractivity contribution >= 4 is 29.5 Å². The van der Waals surface area contributed by atoms with Crippen LogP contribution in [0.3, 0.4) is 0 Å². The van der Waals surface area contributed by atoms with Crippen LogP contribution >= 0.6 is 11.6 Å². The number of likely N-dealkylation sites (tertiary alicyclic amines) is 2. The molecule has 0 radical (unpaired) electrons. The summed E-state index contributed by atoms with van der Waals surface area (Å²) >= 11 is 5.93. The maximum Gasteiger partial charge on any atom is 0.415 e. The largest absolute Gasteiger partial charge is 0.415 e. The summed E-state index contributed by atoms with van der Waals surface area (Å²) in [4.78, 5) is 44.9. The molecule has 1 aliphatic carbocycles. The van der Waals surface area contributed by atoms with Crippen LogP contribution in [0.2, 0.25) is 5.02 Å². The van der Waals surface area contributed by atoms with Crippen molar-refractivity contribution in [2.45, 2.75) is 51.5 Å². The van der Waals surface area contributed by atoms with Crippen molar-refractivity contribution in [3.05, 3.63) is 64.7 Å². The predicted octanol–water partition coefficient (Wildman–Crippen LogP) is 5.47. The van der Waals surface area contributed by atoms with Crippen molar-refractivity contribution in [1.29, 1.82) is 0 Å². The van der Waals surface area contributed by atoms with Crippen LogP contribution in [0, 0.1) is 23.0 Å². The summed E-state index contributed by atoms with van der Waals surface area (Å²) in [7, 11) is 0. The van der Waals surface area contributed by atoms with Gasteiger partial charge in [-0.25, -0.2) is 13.6 Å². The standard InChI is InChI=1S/C30H34ClF2N3O4/c1-3-36(29(39)40-22-7-5-21(32)6-8-22)26-18-35(17-23(26)20-4-9-24(31)25(33)16-20)27(37)19-10-14-34(15-11-19)28(38)30(2)12-13-30/h4-9,16,19,23,26H,3,10-15,17-18H2,1-2H3. The van der Waals surface area contributed by atoms with Gasteiger partial charge in [0.1, 0.15) is 17.4 Å². The minimum Gasteiger partial charge on any atom is -0.410 e. The molecule has 40 heavy (non-hydrogen) atoms. The quantitative estimate of drug-likeness (QED) is 0.459. The molecule has 0 spiro atoms. The maximum absolute atomic E-state index is 14.5. The number of nitrogens with zero attached hydrogens (tertiary/aromatic N) is 3. The highest BCUT2D eigenvalue weighted by Crippen LogP contribution is 2.47. The van der Waals surface area contributed by atoms with E-state index in [1.54, 1.807) is 11.0 Å². The van der Waals surface area contributed by atoms with E-state index in [1.165, 1.54) is 41.3 Å². The Morgan fingerprint density at radius 2 is 1.70 bits per heavy atom. The van der Waals surface area contributed by atoms with Crippen LogP contribution in [-0.4, -0.2) is 71.4 Å². The van der Waals surface area contributed by atoms with Crippen LogP contribution in [0.5, 0.6) is 5.75 Å². The van der Waals surface area contributed by atoms with Gasteiger partial charge in [0, 0.05) is 50.0 Å². The van der Waals surface area contributed by atoms with E-state index < -0.39 is 23.8 Å². The van der Waals surface area contributed by atoms with Crippen molar-refractivity contribution in [1.82, 2.24) is 14.7 Å². The van der Waals surface area contributed by atoms with Gasteiger partial charge in [-0.1, -0.05) is 24.6 Å². The molecule has 2 aliphatic heterocycles. The molecule has 0 bridgehead atoms. The molecule has 10 heteroatoms. The van der Waals surface area contributed by atoms with Crippen molar-refractivity contribution in [3.8, 4) is 5.75 Å². The zero-order valence-corrected chi connectivity index (χ0v) is 23.5. The molecule has 5 rings (SSSR count). The number of rotatable bonds is 6. The number of hydrogen-bond donors (Lipinski definition) is 0. The first-order valence-corrected chi connectivity index (χ1v) is 14.2. The Morgan fingerprint density at radius 1 is 1.02 bits per heavy atom. The topological polar surface area (TPSA) is 70.2 Å². The molecule has 0 aromatic heterocycles. The van der Waals surface area contributed by atoms with E-state index in [2.05, 4.69) is 0 Å². The molecule has 214 valence electrons. The second kappa shape index (κ2) is 11.4. The molecular weight excluding hydrogens is 540 g/mol. The second-order valence-corrected chi connectivity index (χ2v) is 11.7. The average Bonchev–Trinajstić information content (AvgIpc) is 3.56. The van der Waals surface area contributed by atoms with E-state index >= 15 is 0 Å². The zero-order valence-electron chi connectivity index (χ0n) is 22.7. The van der Waals surface area contributed by atoms with Gasteiger partial charge in [0.2, 0.25) is 11.8 Å². The van der Waals surface area contributed by atoms with Crippen LogP contribution in [0.4, 0.5) is 13.6 Å². The lowest BCUT2D eigenvalue weighted by Crippen LogP contribution is -2.47. The van der Waals surface area contributed by atoms with Gasteiger partial charge in [0.25, 0.3) is 0 Å². The number of likely N-dealkylation sites (N-methyl/N-ethyl adjacent to an activating group) is 1. The van der Waals surface area contributed by atoms with Gasteiger partial charge >= 0.3 is 6.09 Å². The molecule has 7 nitrogen and oxygen atoms in total. The Balaban J connectivity index is 1.32. The average molecular weight is 574 g/mol. The summed E-state index contributed by atoms with van der Waals surface area (Å²) in [5, 5.41) is -0.00402. The Bertz CT molecular complexity index is 1280. The summed E-state index contributed by atoms with van der Waals surface area (Å²) in [6.45, 7) is 5.77. The van der Waals surface area contributed by atoms with Gasteiger partial charge < -0.3 is 19.4 Å². The first kappa shape index (κ1) is 28.3. The second-order valence-electron chi connectivity index (χ2n) is 11.3. The molecule has 2 heterocycles. The van der Waals surface area contributed by atoms with Crippen LogP contribution in [0.25, 0.3) is 0 Å². The van der Waals surface area contributed by atoms with Gasteiger partial charge in [0.05, 0.1) is 11.1 Å². The number of halogens is 3. The van der Waals surface area contributed by atoms with E-state index in [-0.39, 0.29) is 46.4 Å². The summed E-state index contributed by atoms with van der Waals surface area (Å²) in [5.41, 5.74) is 0.403. The van der Waals surface area contributed by atoms with E-state index in [1.807, 2.05) is 18.7 Å². The number of benzene rings is 2. The zero-order chi connectivity index (χ0) is 28.6. The Hall–Kier alpha value is -3.20. The van der Waals surface area contributed by atoms with Crippen LogP contribution < -0.4 is 4.74 Å². The number of piperidine rings is 1. The summed E-state index contributed by atoms with van der Waals surface area (Å²) < 4.78 is 33.3. The number of hydrogen-bond acceptors (Lipinski definition) is 4. The fourth-order valence-corrected chi connectivity index (χ4v) is 6.00. The fourth-order valence-electron chi connectivity index (χ4n) is 5.88. The number of ether oxygens (including phenoxy) is 1. The van der Waals surface area contributed by atoms with Crippen molar-refractivity contribution in [2.75, 3.05) is 32.7 Å². The van der Waals surface area contributed by atoms with E-state index in [9.17, 15) is 23.2 Å². The van der Waals surface area contributed by atoms with E-state index in [0.717, 1.165) is 12.8 Å². The molecular formula is C30H34ClF2N3O4. The summed E-state index contributed by atoms with van der Waals surface area (Å²) in [6, 6.07) is 9.24. The fraction of sp³-hybridized carbons (Fsp3) is 0.500. The van der Waals surface area contributed by atoms with Gasteiger partial charge in [-0.05, 0) is 74.6 Å². The van der Waals surface area contributed by atoms with Crippen LogP contribution in [0.15, 0.2) is 42.5 Å². The van der Waals surface area contributed by atoms with Gasteiger partial charge in [-0.2, -0.15) is 0 Å². The lowest BCUT2D eigenvalue weighted by Gasteiger charge is -2.35. The third-order valence-corrected chi connectivity index (χ3v) is 8.92. The minimum absolute atomic E-state index is 0.00402. The molecule has 2 aromatic carbocycles. The van der Waals surface area contributed by atoms with Gasteiger partial charge in [0.15, 0.2) is 0 Å². The molecule has 3 amide bonds. The highest BCUT2D eigenvalue weighted by Gasteiger charge is 2.48. The van der Waals surface area contributed by atoms with E-state index in [4.69, 9.17) is 16.3 Å². The first-order chi connectivity index (χ1) is 19.1. The highest BCUT2D eigenvalue weighted by atomic mass is 35.5. The Kier molecular flexibility index (Phi) is 8.04. The Morgan fingerprint density at radius 3 is 2.30 bits per heavy atom. The minimum atomic E-state index is -0.631. The van der Waals surface area contributed by atoms with Crippen molar-refractivity contribution < 1.29 is 27.9 Å². The predicted molar refractivity (Wildman–Crippen MR) is 146 cm³/mol. The summed E-state index contributed by atoms with van der Waals surface area (Å²) in [5.74, 6) is -1.24. The first-order valence-electron chi connectivity index (χ1n) is 13.9. The van der Waals surface area contributed by atoms with Gasteiger partial charge in [-0.15, -0.1) is 0 Å². The molecule has 2 atom stereocenters. The molecule has 3 fully saturated rings. The van der Waals surface area contributed by atoms with Crippen LogP contribution in [0.1, 0.15) is 51.0 Å². The lowest BCUT2D eigenvalue weighted by atomic mass is 9.93. The van der Waals surface area contributed by atoms with Crippen molar-refractivity contribution in [3.63, 3.8) is 0 Å². The third-order valence-electron chi connectivity index (χ3n) is 8.61. The molecule has 2 aromatic rings. The smallest absolute Gasteiger partial charge is 0.410 e. The van der Waals surface area contributed by atoms with Crippen LogP contribution in [-0.2, 0) is 9.59 Å². The maximum atomic E-state index is 14.5. The monoisotopic (exact) mass is 573 g/mol.